The fraction of sp³-hybridized carbons (Fsp3) is 0.519. The average Bonchev–Trinajstić information content (AvgIpc) is 3.31. The molecule has 2 aliphatic rings. The van der Waals surface area contributed by atoms with Crippen LogP contribution >= 0.6 is 11.3 Å². The number of aliphatic carboxylic acids is 1. The third kappa shape index (κ3) is 5.89. The van der Waals surface area contributed by atoms with Crippen molar-refractivity contribution in [2.75, 3.05) is 19.0 Å². The predicted octanol–water partition coefficient (Wildman–Crippen LogP) is 5.48. The third-order valence-corrected chi connectivity index (χ3v) is 8.61. The van der Waals surface area contributed by atoms with E-state index in [1.165, 1.54) is 30.9 Å². The van der Waals surface area contributed by atoms with E-state index < -0.39 is 23.1 Å². The zero-order valence-electron chi connectivity index (χ0n) is 21.3. The molecule has 2 fully saturated rings. The van der Waals surface area contributed by atoms with Crippen LogP contribution in [0.5, 0.6) is 11.5 Å². The topological polar surface area (TPSA) is 114 Å². The molecule has 2 amide bonds. The number of anilines is 1. The molecule has 0 spiro atoms. The summed E-state index contributed by atoms with van der Waals surface area (Å²) in [6.45, 7) is 4.43. The van der Waals surface area contributed by atoms with Gasteiger partial charge in [-0.05, 0) is 68.4 Å². The summed E-state index contributed by atoms with van der Waals surface area (Å²) >= 11 is 1.23. The van der Waals surface area contributed by atoms with Crippen molar-refractivity contribution in [3.05, 3.63) is 39.8 Å². The van der Waals surface area contributed by atoms with Gasteiger partial charge in [0, 0.05) is 12.6 Å². The van der Waals surface area contributed by atoms with Gasteiger partial charge in [-0.3, -0.25) is 14.4 Å². The molecule has 2 aliphatic carbocycles. The summed E-state index contributed by atoms with van der Waals surface area (Å²) < 4.78 is 25.9. The summed E-state index contributed by atoms with van der Waals surface area (Å²) in [6.07, 6.45) is 4.72. The lowest BCUT2D eigenvalue weighted by molar-refractivity contribution is -0.150. The number of carboxylic acids is 1. The first-order valence-electron chi connectivity index (χ1n) is 12.5. The first-order chi connectivity index (χ1) is 17.5. The van der Waals surface area contributed by atoms with Gasteiger partial charge in [-0.1, -0.05) is 13.3 Å². The Labute approximate surface area is 219 Å². The first-order valence-corrected chi connectivity index (χ1v) is 13.4. The van der Waals surface area contributed by atoms with Crippen molar-refractivity contribution in [2.24, 2.45) is 10.8 Å². The van der Waals surface area contributed by atoms with Crippen LogP contribution in [0.15, 0.2) is 23.6 Å². The molecule has 0 atom stereocenters. The molecular weight excluding hydrogens is 499 g/mol. The number of carboxylic acid groups (broad SMARTS) is 1. The van der Waals surface area contributed by atoms with E-state index >= 15 is 0 Å². The Bertz CT molecular complexity index is 1180. The smallest absolute Gasteiger partial charge is 0.309 e. The van der Waals surface area contributed by atoms with E-state index in [0.29, 0.717) is 42.8 Å². The molecule has 0 radical (unpaired) electrons. The van der Waals surface area contributed by atoms with Crippen LogP contribution in [-0.4, -0.2) is 42.6 Å². The standard InChI is InChI=1S/C27H33FN2O6S/c1-26(8-4-9-26)15-29-24(32)22-19(7-12-37-22)30-23(31)17-13-21(18(28)14-20(17)35-3)36-16-5-10-27(2,11-6-16)25(33)34/h7,12-14,16H,4-6,8-11,15H2,1-3H3,(H,29,32)(H,30,31)(H,33,34)/t16-,27+. The first kappa shape index (κ1) is 26.9. The number of carbonyl (C=O) groups excluding carboxylic acids is 2. The molecule has 1 aromatic carbocycles. The largest absolute Gasteiger partial charge is 0.496 e. The molecule has 200 valence electrons. The maximum atomic E-state index is 14.8. The average molecular weight is 533 g/mol. The highest BCUT2D eigenvalue weighted by Gasteiger charge is 2.38. The van der Waals surface area contributed by atoms with E-state index in [9.17, 15) is 23.9 Å². The van der Waals surface area contributed by atoms with Crippen LogP contribution in [0.3, 0.4) is 0 Å². The molecule has 1 aromatic heterocycles. The van der Waals surface area contributed by atoms with Crippen LogP contribution in [0.2, 0.25) is 0 Å². The molecule has 2 aromatic rings. The molecule has 4 rings (SSSR count). The van der Waals surface area contributed by atoms with Gasteiger partial charge < -0.3 is 25.2 Å². The highest BCUT2D eigenvalue weighted by Crippen LogP contribution is 2.40. The van der Waals surface area contributed by atoms with Crippen molar-refractivity contribution in [3.63, 3.8) is 0 Å². The van der Waals surface area contributed by atoms with Crippen LogP contribution in [0.1, 0.15) is 78.8 Å². The molecular formula is C27H33FN2O6S. The monoisotopic (exact) mass is 532 g/mol. The number of halogens is 1. The molecule has 37 heavy (non-hydrogen) atoms. The van der Waals surface area contributed by atoms with E-state index in [1.807, 2.05) is 0 Å². The number of benzene rings is 1. The minimum Gasteiger partial charge on any atom is -0.496 e. The predicted molar refractivity (Wildman–Crippen MR) is 138 cm³/mol. The molecule has 0 aliphatic heterocycles. The van der Waals surface area contributed by atoms with Gasteiger partial charge in [0.2, 0.25) is 0 Å². The minimum absolute atomic E-state index is 0.0311. The number of carbonyl (C=O) groups is 3. The van der Waals surface area contributed by atoms with E-state index in [-0.39, 0.29) is 34.5 Å². The Balaban J connectivity index is 1.46. The van der Waals surface area contributed by atoms with E-state index in [4.69, 9.17) is 9.47 Å². The molecule has 0 unspecified atom stereocenters. The summed E-state index contributed by atoms with van der Waals surface area (Å²) in [6, 6.07) is 4.03. The highest BCUT2D eigenvalue weighted by molar-refractivity contribution is 7.12. The normalized spacial score (nSPS) is 22.4. The molecule has 8 nitrogen and oxygen atoms in total. The van der Waals surface area contributed by atoms with Crippen molar-refractivity contribution in [1.82, 2.24) is 5.32 Å². The van der Waals surface area contributed by atoms with Crippen LogP contribution in [0, 0.1) is 16.6 Å². The second-order valence-corrected chi connectivity index (χ2v) is 11.5. The number of ether oxygens (including phenoxy) is 2. The lowest BCUT2D eigenvalue weighted by Crippen LogP contribution is -2.39. The maximum absolute atomic E-state index is 14.8. The van der Waals surface area contributed by atoms with Crippen molar-refractivity contribution in [2.45, 2.75) is 64.9 Å². The summed E-state index contributed by atoms with van der Waals surface area (Å²) in [5.41, 5.74) is -0.271. The Morgan fingerprint density at radius 2 is 1.81 bits per heavy atom. The summed E-state index contributed by atoms with van der Waals surface area (Å²) in [5.74, 6) is -2.42. The van der Waals surface area contributed by atoms with Crippen molar-refractivity contribution in [1.29, 1.82) is 0 Å². The van der Waals surface area contributed by atoms with Crippen molar-refractivity contribution < 1.29 is 33.4 Å². The fourth-order valence-electron chi connectivity index (χ4n) is 4.82. The van der Waals surface area contributed by atoms with Gasteiger partial charge in [0.15, 0.2) is 11.6 Å². The van der Waals surface area contributed by atoms with Crippen LogP contribution in [0.4, 0.5) is 10.1 Å². The van der Waals surface area contributed by atoms with Crippen molar-refractivity contribution in [3.8, 4) is 11.5 Å². The van der Waals surface area contributed by atoms with Gasteiger partial charge in [-0.25, -0.2) is 4.39 Å². The number of nitrogens with one attached hydrogen (secondary N) is 2. The molecule has 1 heterocycles. The van der Waals surface area contributed by atoms with E-state index in [0.717, 1.165) is 18.9 Å². The number of hydrogen-bond acceptors (Lipinski definition) is 6. The molecule has 0 bridgehead atoms. The molecule has 10 heteroatoms. The molecule has 3 N–H and O–H groups in total. The second-order valence-electron chi connectivity index (χ2n) is 10.6. The lowest BCUT2D eigenvalue weighted by atomic mass is 9.70. The number of amides is 2. The number of methoxy groups -OCH3 is 1. The SMILES string of the molecule is COc1cc(F)c(O[C@H]2CC[C@@](C)(C(=O)O)CC2)cc1C(=O)Nc1ccsc1C(=O)NCC1(C)CCC1. The summed E-state index contributed by atoms with van der Waals surface area (Å²) in [5, 5.41) is 16.9. The highest BCUT2D eigenvalue weighted by atomic mass is 32.1. The van der Waals surface area contributed by atoms with Crippen LogP contribution in [0.25, 0.3) is 0 Å². The Morgan fingerprint density at radius 3 is 2.41 bits per heavy atom. The van der Waals surface area contributed by atoms with Gasteiger partial charge in [-0.2, -0.15) is 0 Å². The molecule has 2 saturated carbocycles. The van der Waals surface area contributed by atoms with E-state index in [2.05, 4.69) is 17.6 Å². The maximum Gasteiger partial charge on any atom is 0.309 e. The van der Waals surface area contributed by atoms with Crippen molar-refractivity contribution >= 4 is 34.8 Å². The van der Waals surface area contributed by atoms with Gasteiger partial charge in [0.1, 0.15) is 10.6 Å². The van der Waals surface area contributed by atoms with Gasteiger partial charge in [0.25, 0.3) is 11.8 Å². The zero-order valence-corrected chi connectivity index (χ0v) is 22.1. The second kappa shape index (κ2) is 10.7. The Morgan fingerprint density at radius 1 is 1.11 bits per heavy atom. The quantitative estimate of drug-likeness (QED) is 0.394. The van der Waals surface area contributed by atoms with Gasteiger partial charge >= 0.3 is 5.97 Å². The van der Waals surface area contributed by atoms with E-state index in [1.54, 1.807) is 18.4 Å². The van der Waals surface area contributed by atoms with Crippen LogP contribution < -0.4 is 20.1 Å². The van der Waals surface area contributed by atoms with Crippen LogP contribution in [-0.2, 0) is 4.79 Å². The van der Waals surface area contributed by atoms with Gasteiger partial charge in [-0.15, -0.1) is 11.3 Å². The summed E-state index contributed by atoms with van der Waals surface area (Å²) in [4.78, 5) is 37.9. The number of hydrogen-bond donors (Lipinski definition) is 3. The minimum atomic E-state index is -0.848. The zero-order chi connectivity index (χ0) is 26.8. The number of rotatable bonds is 9. The summed E-state index contributed by atoms with van der Waals surface area (Å²) in [7, 11) is 1.34. The molecule has 0 saturated heterocycles. The number of thiophene rings is 1. The lowest BCUT2D eigenvalue weighted by Gasteiger charge is -2.38. The third-order valence-electron chi connectivity index (χ3n) is 7.70. The fourth-order valence-corrected chi connectivity index (χ4v) is 5.58. The van der Waals surface area contributed by atoms with Gasteiger partial charge in [0.05, 0.1) is 29.9 Å². The Kier molecular flexibility index (Phi) is 7.77. The Hall–Kier alpha value is -3.14.